The molecule has 2 saturated carbocycles. The highest BCUT2D eigenvalue weighted by Gasteiger charge is 2.37. The first-order valence-electron chi connectivity index (χ1n) is 5.58. The number of hydrogen-bond donors (Lipinski definition) is 1. The maximum Gasteiger partial charge on any atom is 0.330 e. The van der Waals surface area contributed by atoms with Crippen LogP contribution in [-0.4, -0.2) is 11.1 Å². The monoisotopic (exact) mass is 194 g/mol. The molecule has 2 rings (SSSR count). The van der Waals surface area contributed by atoms with Gasteiger partial charge in [-0.25, -0.2) is 4.79 Å². The fraction of sp³-hybridized carbons (Fsp3) is 0.750. The summed E-state index contributed by atoms with van der Waals surface area (Å²) in [6.45, 7) is 3.61. The zero-order valence-corrected chi connectivity index (χ0v) is 8.54. The molecule has 1 N–H and O–H groups in total. The third-order valence-electron chi connectivity index (χ3n) is 3.93. The third-order valence-corrected chi connectivity index (χ3v) is 3.93. The number of aliphatic carboxylic acids is 1. The van der Waals surface area contributed by atoms with E-state index in [4.69, 9.17) is 5.11 Å². The number of hydrogen-bond acceptors (Lipinski definition) is 1. The van der Waals surface area contributed by atoms with Gasteiger partial charge in [0, 0.05) is 5.57 Å². The summed E-state index contributed by atoms with van der Waals surface area (Å²) in [7, 11) is 0. The highest BCUT2D eigenvalue weighted by molar-refractivity contribution is 5.85. The maximum atomic E-state index is 10.6. The van der Waals surface area contributed by atoms with Crippen molar-refractivity contribution in [3.8, 4) is 0 Å². The Labute approximate surface area is 85.0 Å². The molecule has 0 bridgehead atoms. The van der Waals surface area contributed by atoms with Gasteiger partial charge >= 0.3 is 5.97 Å². The van der Waals surface area contributed by atoms with Crippen LogP contribution < -0.4 is 0 Å². The molecule has 2 heteroatoms. The highest BCUT2D eigenvalue weighted by Crippen LogP contribution is 2.48. The van der Waals surface area contributed by atoms with Crippen LogP contribution in [0.25, 0.3) is 0 Å². The second kappa shape index (κ2) is 3.76. The lowest BCUT2D eigenvalue weighted by molar-refractivity contribution is -0.132. The summed E-state index contributed by atoms with van der Waals surface area (Å²) < 4.78 is 0. The number of carboxylic acid groups (broad SMARTS) is 1. The molecule has 0 amide bonds. The van der Waals surface area contributed by atoms with Crippen molar-refractivity contribution in [2.24, 2.45) is 17.8 Å². The largest absolute Gasteiger partial charge is 0.478 e. The van der Waals surface area contributed by atoms with Crippen molar-refractivity contribution >= 4 is 5.97 Å². The first-order valence-corrected chi connectivity index (χ1v) is 5.58. The SMILES string of the molecule is C=C(CC1CC2CCCC2C1)C(=O)O. The van der Waals surface area contributed by atoms with Gasteiger partial charge in [-0.3, -0.25) is 0 Å². The number of carboxylic acids is 1. The van der Waals surface area contributed by atoms with Crippen LogP contribution in [-0.2, 0) is 4.79 Å². The van der Waals surface area contributed by atoms with E-state index in [1.165, 1.54) is 32.1 Å². The average molecular weight is 194 g/mol. The van der Waals surface area contributed by atoms with Gasteiger partial charge in [0.1, 0.15) is 0 Å². The second-order valence-corrected chi connectivity index (χ2v) is 4.90. The lowest BCUT2D eigenvalue weighted by Crippen LogP contribution is -2.05. The van der Waals surface area contributed by atoms with Gasteiger partial charge in [-0.1, -0.05) is 25.8 Å². The minimum absolute atomic E-state index is 0.398. The molecule has 0 radical (unpaired) electrons. The van der Waals surface area contributed by atoms with Crippen molar-refractivity contribution in [2.45, 2.75) is 38.5 Å². The van der Waals surface area contributed by atoms with E-state index in [1.807, 2.05) is 0 Å². The Morgan fingerprint density at radius 1 is 1.29 bits per heavy atom. The molecular formula is C12H18O2. The Balaban J connectivity index is 1.85. The van der Waals surface area contributed by atoms with Gasteiger partial charge in [-0.2, -0.15) is 0 Å². The average Bonchev–Trinajstić information content (AvgIpc) is 2.63. The number of rotatable bonds is 3. The summed E-state index contributed by atoms with van der Waals surface area (Å²) in [5.74, 6) is 1.60. The summed E-state index contributed by atoms with van der Waals surface area (Å²) in [5.41, 5.74) is 0.398. The van der Waals surface area contributed by atoms with Crippen molar-refractivity contribution in [3.63, 3.8) is 0 Å². The topological polar surface area (TPSA) is 37.3 Å². The normalized spacial score (nSPS) is 35.6. The van der Waals surface area contributed by atoms with Crippen LogP contribution in [0.3, 0.4) is 0 Å². The van der Waals surface area contributed by atoms with Crippen molar-refractivity contribution in [1.29, 1.82) is 0 Å². The third kappa shape index (κ3) is 1.84. The van der Waals surface area contributed by atoms with E-state index in [0.717, 1.165) is 11.8 Å². The minimum Gasteiger partial charge on any atom is -0.478 e. The second-order valence-electron chi connectivity index (χ2n) is 4.90. The summed E-state index contributed by atoms with van der Waals surface area (Å²) in [6.07, 6.45) is 7.35. The maximum absolute atomic E-state index is 10.6. The van der Waals surface area contributed by atoms with E-state index in [1.54, 1.807) is 0 Å². The number of carbonyl (C=O) groups is 1. The molecule has 2 aliphatic carbocycles. The van der Waals surface area contributed by atoms with Crippen molar-refractivity contribution in [3.05, 3.63) is 12.2 Å². The Kier molecular flexibility index (Phi) is 2.62. The molecule has 2 nitrogen and oxygen atoms in total. The summed E-state index contributed by atoms with van der Waals surface area (Å²) in [5, 5.41) is 8.75. The van der Waals surface area contributed by atoms with Crippen LogP contribution in [0.5, 0.6) is 0 Å². The highest BCUT2D eigenvalue weighted by atomic mass is 16.4. The van der Waals surface area contributed by atoms with Crippen molar-refractivity contribution in [1.82, 2.24) is 0 Å². The predicted molar refractivity (Wildman–Crippen MR) is 54.9 cm³/mol. The standard InChI is InChI=1S/C12H18O2/c1-8(12(13)14)5-9-6-10-3-2-4-11(10)7-9/h9-11H,1-7H2,(H,13,14). The van der Waals surface area contributed by atoms with Gasteiger partial charge in [0.05, 0.1) is 0 Å². The van der Waals surface area contributed by atoms with Crippen LogP contribution in [0.2, 0.25) is 0 Å². The smallest absolute Gasteiger partial charge is 0.330 e. The van der Waals surface area contributed by atoms with Gasteiger partial charge in [0.15, 0.2) is 0 Å². The van der Waals surface area contributed by atoms with E-state index < -0.39 is 5.97 Å². The van der Waals surface area contributed by atoms with E-state index in [9.17, 15) is 4.79 Å². The first-order chi connectivity index (χ1) is 6.66. The lowest BCUT2D eigenvalue weighted by Gasteiger charge is -2.10. The lowest BCUT2D eigenvalue weighted by atomic mass is 9.96. The van der Waals surface area contributed by atoms with Gasteiger partial charge in [0.2, 0.25) is 0 Å². The molecule has 2 unspecified atom stereocenters. The molecule has 0 spiro atoms. The Hall–Kier alpha value is -0.790. The first kappa shape index (κ1) is 9.75. The summed E-state index contributed by atoms with van der Waals surface area (Å²) in [4.78, 5) is 10.6. The molecule has 0 aromatic heterocycles. The zero-order valence-electron chi connectivity index (χ0n) is 8.54. The molecule has 0 aromatic rings. The molecule has 0 heterocycles. The minimum atomic E-state index is -0.818. The number of fused-ring (bicyclic) bond motifs is 1. The Bertz CT molecular complexity index is 245. The fourth-order valence-corrected chi connectivity index (χ4v) is 3.29. The Morgan fingerprint density at radius 2 is 1.86 bits per heavy atom. The van der Waals surface area contributed by atoms with Crippen LogP contribution in [0.1, 0.15) is 38.5 Å². The van der Waals surface area contributed by atoms with E-state index in [0.29, 0.717) is 17.9 Å². The predicted octanol–water partition coefficient (Wildman–Crippen LogP) is 2.84. The zero-order chi connectivity index (χ0) is 10.1. The summed E-state index contributed by atoms with van der Waals surface area (Å²) in [6, 6.07) is 0. The molecule has 78 valence electrons. The molecule has 2 fully saturated rings. The van der Waals surface area contributed by atoms with Gasteiger partial charge in [-0.05, 0) is 37.0 Å². The molecular weight excluding hydrogens is 176 g/mol. The molecule has 2 aliphatic rings. The van der Waals surface area contributed by atoms with Crippen LogP contribution >= 0.6 is 0 Å². The van der Waals surface area contributed by atoms with Crippen molar-refractivity contribution < 1.29 is 9.90 Å². The molecule has 14 heavy (non-hydrogen) atoms. The quantitative estimate of drug-likeness (QED) is 0.701. The van der Waals surface area contributed by atoms with Crippen LogP contribution in [0.4, 0.5) is 0 Å². The van der Waals surface area contributed by atoms with Crippen LogP contribution in [0, 0.1) is 17.8 Å². The van der Waals surface area contributed by atoms with Crippen LogP contribution in [0.15, 0.2) is 12.2 Å². The molecule has 0 aliphatic heterocycles. The Morgan fingerprint density at radius 3 is 2.36 bits per heavy atom. The van der Waals surface area contributed by atoms with Gasteiger partial charge in [0.25, 0.3) is 0 Å². The summed E-state index contributed by atoms with van der Waals surface area (Å²) >= 11 is 0. The van der Waals surface area contributed by atoms with E-state index in [2.05, 4.69) is 6.58 Å². The van der Waals surface area contributed by atoms with Crippen molar-refractivity contribution in [2.75, 3.05) is 0 Å². The fourth-order valence-electron chi connectivity index (χ4n) is 3.29. The molecule has 2 atom stereocenters. The van der Waals surface area contributed by atoms with Gasteiger partial charge in [-0.15, -0.1) is 0 Å². The molecule has 0 aromatic carbocycles. The van der Waals surface area contributed by atoms with Gasteiger partial charge < -0.3 is 5.11 Å². The van der Waals surface area contributed by atoms with E-state index in [-0.39, 0.29) is 0 Å². The molecule has 0 saturated heterocycles. The van der Waals surface area contributed by atoms with E-state index >= 15 is 0 Å².